The summed E-state index contributed by atoms with van der Waals surface area (Å²) in [4.78, 5) is 12.5. The Kier molecular flexibility index (Phi) is 6.67. The van der Waals surface area contributed by atoms with Crippen LogP contribution >= 0.6 is 0 Å². The quantitative estimate of drug-likeness (QED) is 0.608. The van der Waals surface area contributed by atoms with Gasteiger partial charge in [-0.3, -0.25) is 4.79 Å². The minimum absolute atomic E-state index is 0.0384. The van der Waals surface area contributed by atoms with Crippen molar-refractivity contribution >= 4 is 21.4 Å². The van der Waals surface area contributed by atoms with Gasteiger partial charge < -0.3 is 10.1 Å². The molecule has 0 atom stereocenters. The van der Waals surface area contributed by atoms with Gasteiger partial charge in [0.05, 0.1) is 16.3 Å². The van der Waals surface area contributed by atoms with Crippen molar-refractivity contribution in [1.82, 2.24) is 0 Å². The van der Waals surface area contributed by atoms with E-state index in [0.29, 0.717) is 12.2 Å². The molecular formula is C23H23NO4S. The van der Waals surface area contributed by atoms with Crippen LogP contribution in [0.1, 0.15) is 18.1 Å². The molecule has 0 saturated carbocycles. The van der Waals surface area contributed by atoms with Gasteiger partial charge in [0.25, 0.3) is 5.91 Å². The van der Waals surface area contributed by atoms with E-state index >= 15 is 0 Å². The number of hydrogen-bond donors (Lipinski definition) is 1. The number of ether oxygens (including phenoxy) is 1. The fourth-order valence-corrected chi connectivity index (χ4v) is 3.98. The summed E-state index contributed by atoms with van der Waals surface area (Å²) in [6.07, 6.45) is 0.691. The van der Waals surface area contributed by atoms with E-state index in [1.54, 1.807) is 25.1 Å². The standard InChI is InChI=1S/C23H23NO4S/c1-2-29(26,27)22-15-9-7-13-20(22)24-23(25)17-28-21-14-8-6-12-19(21)16-18-10-4-3-5-11-18/h3-15H,2,16-17H2,1H3,(H,24,25). The topological polar surface area (TPSA) is 72.5 Å². The zero-order valence-electron chi connectivity index (χ0n) is 16.2. The van der Waals surface area contributed by atoms with Crippen molar-refractivity contribution in [3.8, 4) is 5.75 Å². The number of carbonyl (C=O) groups excluding carboxylic acids is 1. The maximum absolute atomic E-state index is 12.4. The summed E-state index contributed by atoms with van der Waals surface area (Å²) in [5, 5.41) is 2.65. The van der Waals surface area contributed by atoms with Crippen LogP contribution in [0.15, 0.2) is 83.8 Å². The Morgan fingerprint density at radius 2 is 1.55 bits per heavy atom. The summed E-state index contributed by atoms with van der Waals surface area (Å²) in [6.45, 7) is 1.35. The Bertz CT molecular complexity index is 1080. The molecule has 6 heteroatoms. The van der Waals surface area contributed by atoms with Crippen LogP contribution < -0.4 is 10.1 Å². The number of carbonyl (C=O) groups is 1. The molecule has 0 aliphatic rings. The van der Waals surface area contributed by atoms with E-state index in [2.05, 4.69) is 5.32 Å². The number of anilines is 1. The highest BCUT2D eigenvalue weighted by molar-refractivity contribution is 7.91. The van der Waals surface area contributed by atoms with E-state index in [0.717, 1.165) is 11.1 Å². The van der Waals surface area contributed by atoms with Gasteiger partial charge in [-0.25, -0.2) is 8.42 Å². The molecule has 0 spiro atoms. The smallest absolute Gasteiger partial charge is 0.262 e. The molecule has 150 valence electrons. The minimum atomic E-state index is -3.44. The predicted molar refractivity (Wildman–Crippen MR) is 114 cm³/mol. The third-order valence-corrected chi connectivity index (χ3v) is 6.23. The van der Waals surface area contributed by atoms with Crippen molar-refractivity contribution < 1.29 is 17.9 Å². The van der Waals surface area contributed by atoms with Gasteiger partial charge in [0.2, 0.25) is 0 Å². The van der Waals surface area contributed by atoms with Crippen LogP contribution in [-0.4, -0.2) is 26.7 Å². The van der Waals surface area contributed by atoms with E-state index < -0.39 is 15.7 Å². The van der Waals surface area contributed by atoms with Gasteiger partial charge in [0.1, 0.15) is 5.75 Å². The monoisotopic (exact) mass is 409 g/mol. The van der Waals surface area contributed by atoms with Crippen LogP contribution in [0.5, 0.6) is 5.75 Å². The van der Waals surface area contributed by atoms with Gasteiger partial charge in [0, 0.05) is 6.42 Å². The van der Waals surface area contributed by atoms with Crippen LogP contribution in [0.3, 0.4) is 0 Å². The molecule has 3 aromatic rings. The molecule has 3 aromatic carbocycles. The lowest BCUT2D eigenvalue weighted by Crippen LogP contribution is -2.22. The van der Waals surface area contributed by atoms with Crippen molar-refractivity contribution in [1.29, 1.82) is 0 Å². The second-order valence-corrected chi connectivity index (χ2v) is 8.75. The van der Waals surface area contributed by atoms with Gasteiger partial charge in [-0.15, -0.1) is 0 Å². The Morgan fingerprint density at radius 3 is 2.31 bits per heavy atom. The average Bonchev–Trinajstić information content (AvgIpc) is 2.74. The molecule has 0 radical (unpaired) electrons. The Balaban J connectivity index is 1.68. The summed E-state index contributed by atoms with van der Waals surface area (Å²) in [5.74, 6) is 0.169. The largest absolute Gasteiger partial charge is 0.483 e. The van der Waals surface area contributed by atoms with Crippen LogP contribution in [0.2, 0.25) is 0 Å². The van der Waals surface area contributed by atoms with Gasteiger partial charge in [-0.2, -0.15) is 0 Å². The molecular weight excluding hydrogens is 386 g/mol. The highest BCUT2D eigenvalue weighted by atomic mass is 32.2. The third-order valence-electron chi connectivity index (χ3n) is 4.45. The molecule has 0 heterocycles. The van der Waals surface area contributed by atoms with Crippen LogP contribution in [0.4, 0.5) is 5.69 Å². The first-order valence-corrected chi connectivity index (χ1v) is 11.0. The SMILES string of the molecule is CCS(=O)(=O)c1ccccc1NC(=O)COc1ccccc1Cc1ccccc1. The maximum atomic E-state index is 12.4. The number of nitrogens with one attached hydrogen (secondary N) is 1. The number of para-hydroxylation sites is 2. The van der Waals surface area contributed by atoms with E-state index in [-0.39, 0.29) is 22.9 Å². The lowest BCUT2D eigenvalue weighted by Gasteiger charge is -2.13. The molecule has 0 unspecified atom stereocenters. The van der Waals surface area contributed by atoms with Gasteiger partial charge in [0.15, 0.2) is 16.4 Å². The average molecular weight is 410 g/mol. The molecule has 0 aromatic heterocycles. The Hall–Kier alpha value is -3.12. The van der Waals surface area contributed by atoms with Crippen LogP contribution in [0.25, 0.3) is 0 Å². The molecule has 29 heavy (non-hydrogen) atoms. The fourth-order valence-electron chi connectivity index (χ4n) is 2.93. The third kappa shape index (κ3) is 5.45. The molecule has 0 saturated heterocycles. The predicted octanol–water partition coefficient (Wildman–Crippen LogP) is 4.09. The van der Waals surface area contributed by atoms with E-state index in [1.807, 2.05) is 54.6 Å². The maximum Gasteiger partial charge on any atom is 0.262 e. The van der Waals surface area contributed by atoms with Gasteiger partial charge in [-0.05, 0) is 29.3 Å². The number of amides is 1. The van der Waals surface area contributed by atoms with E-state index in [1.165, 1.54) is 6.07 Å². The summed E-state index contributed by atoms with van der Waals surface area (Å²) < 4.78 is 30.2. The molecule has 1 N–H and O–H groups in total. The molecule has 0 aliphatic carbocycles. The number of sulfone groups is 1. The van der Waals surface area contributed by atoms with Gasteiger partial charge in [-0.1, -0.05) is 67.6 Å². The molecule has 5 nitrogen and oxygen atoms in total. The number of benzene rings is 3. The molecule has 0 bridgehead atoms. The van der Waals surface area contributed by atoms with Crippen LogP contribution in [-0.2, 0) is 21.1 Å². The summed E-state index contributed by atoms with van der Waals surface area (Å²) >= 11 is 0. The second kappa shape index (κ2) is 9.39. The first-order chi connectivity index (χ1) is 14.0. The van der Waals surface area contributed by atoms with Crippen molar-refractivity contribution in [2.45, 2.75) is 18.2 Å². The highest BCUT2D eigenvalue weighted by Gasteiger charge is 2.17. The summed E-state index contributed by atoms with van der Waals surface area (Å²) in [5.41, 5.74) is 2.38. The lowest BCUT2D eigenvalue weighted by molar-refractivity contribution is -0.118. The van der Waals surface area contributed by atoms with Crippen molar-refractivity contribution in [2.75, 3.05) is 17.7 Å². The molecule has 0 aliphatic heterocycles. The minimum Gasteiger partial charge on any atom is -0.483 e. The number of rotatable bonds is 8. The summed E-state index contributed by atoms with van der Waals surface area (Å²) in [7, 11) is -3.44. The van der Waals surface area contributed by atoms with E-state index in [4.69, 9.17) is 4.74 Å². The fraction of sp³-hybridized carbons (Fsp3) is 0.174. The van der Waals surface area contributed by atoms with Crippen LogP contribution in [0, 0.1) is 0 Å². The van der Waals surface area contributed by atoms with Gasteiger partial charge >= 0.3 is 0 Å². The second-order valence-electron chi connectivity index (χ2n) is 6.51. The highest BCUT2D eigenvalue weighted by Crippen LogP contribution is 2.23. The first kappa shape index (κ1) is 20.6. The normalized spacial score (nSPS) is 11.1. The Labute approximate surface area is 171 Å². The van der Waals surface area contributed by atoms with Crippen molar-refractivity contribution in [3.63, 3.8) is 0 Å². The number of hydrogen-bond acceptors (Lipinski definition) is 4. The zero-order chi connectivity index (χ0) is 20.7. The zero-order valence-corrected chi connectivity index (χ0v) is 17.0. The molecule has 0 fully saturated rings. The first-order valence-electron chi connectivity index (χ1n) is 9.36. The molecule has 1 amide bonds. The lowest BCUT2D eigenvalue weighted by atomic mass is 10.0. The summed E-state index contributed by atoms with van der Waals surface area (Å²) in [6, 6.07) is 23.9. The molecule has 3 rings (SSSR count). The van der Waals surface area contributed by atoms with Crippen molar-refractivity contribution in [3.05, 3.63) is 90.0 Å². The van der Waals surface area contributed by atoms with E-state index in [9.17, 15) is 13.2 Å². The van der Waals surface area contributed by atoms with Crippen molar-refractivity contribution in [2.24, 2.45) is 0 Å². The Morgan fingerprint density at radius 1 is 0.897 bits per heavy atom.